The monoisotopic (exact) mass is 278 g/mol. The highest BCUT2D eigenvalue weighted by molar-refractivity contribution is 5.83. The molecule has 0 saturated carbocycles. The Morgan fingerprint density at radius 1 is 1.35 bits per heavy atom. The summed E-state index contributed by atoms with van der Waals surface area (Å²) in [6.45, 7) is 3.71. The van der Waals surface area contributed by atoms with E-state index in [-0.39, 0.29) is 18.2 Å². The molecule has 110 valence electrons. The van der Waals surface area contributed by atoms with E-state index in [1.54, 1.807) is 6.07 Å². The number of benzene rings is 1. The summed E-state index contributed by atoms with van der Waals surface area (Å²) in [4.78, 5) is 23.0. The van der Waals surface area contributed by atoms with Gasteiger partial charge in [0.25, 0.3) is 0 Å². The van der Waals surface area contributed by atoms with E-state index in [1.165, 1.54) is 0 Å². The molecule has 1 aromatic rings. The lowest BCUT2D eigenvalue weighted by Gasteiger charge is -2.20. The summed E-state index contributed by atoms with van der Waals surface area (Å²) in [5, 5.41) is 11.7. The highest BCUT2D eigenvalue weighted by atomic mass is 16.4. The molecule has 0 spiro atoms. The summed E-state index contributed by atoms with van der Waals surface area (Å²) >= 11 is 0. The van der Waals surface area contributed by atoms with Crippen molar-refractivity contribution in [2.75, 3.05) is 5.73 Å². The average Bonchev–Trinajstić information content (AvgIpc) is 2.42. The number of hydrogen-bond acceptors (Lipinski definition) is 3. The van der Waals surface area contributed by atoms with E-state index >= 15 is 0 Å². The number of aryl methyl sites for hydroxylation is 1. The summed E-state index contributed by atoms with van der Waals surface area (Å²) in [6, 6.07) is 6.52. The number of rotatable bonds is 7. The number of carboxylic acids is 1. The largest absolute Gasteiger partial charge is 0.480 e. The maximum atomic E-state index is 11.8. The van der Waals surface area contributed by atoms with Gasteiger partial charge in [-0.2, -0.15) is 0 Å². The minimum absolute atomic E-state index is 0.0988. The number of amides is 1. The van der Waals surface area contributed by atoms with Crippen molar-refractivity contribution in [1.82, 2.24) is 5.32 Å². The Morgan fingerprint density at radius 2 is 2.00 bits per heavy atom. The number of carboxylic acid groups (broad SMARTS) is 1. The van der Waals surface area contributed by atoms with Gasteiger partial charge >= 0.3 is 5.97 Å². The molecule has 1 aromatic carbocycles. The lowest BCUT2D eigenvalue weighted by Crippen LogP contribution is -2.45. The Morgan fingerprint density at radius 3 is 2.55 bits per heavy atom. The third-order valence-corrected chi connectivity index (χ3v) is 3.47. The third-order valence-electron chi connectivity index (χ3n) is 3.47. The molecule has 0 saturated heterocycles. The van der Waals surface area contributed by atoms with Crippen LogP contribution in [0.4, 0.5) is 5.69 Å². The van der Waals surface area contributed by atoms with Crippen molar-refractivity contribution < 1.29 is 14.7 Å². The van der Waals surface area contributed by atoms with Gasteiger partial charge in [-0.05, 0) is 24.0 Å². The number of hydrogen-bond donors (Lipinski definition) is 3. The molecule has 0 bridgehead atoms. The Hall–Kier alpha value is -2.04. The van der Waals surface area contributed by atoms with Crippen LogP contribution in [0.1, 0.15) is 32.3 Å². The minimum Gasteiger partial charge on any atom is -0.480 e. The van der Waals surface area contributed by atoms with Gasteiger partial charge in [0.05, 0.1) is 0 Å². The zero-order valence-electron chi connectivity index (χ0n) is 11.9. The molecule has 5 heteroatoms. The zero-order chi connectivity index (χ0) is 15.1. The second kappa shape index (κ2) is 7.53. The van der Waals surface area contributed by atoms with Gasteiger partial charge in [0.15, 0.2) is 0 Å². The maximum Gasteiger partial charge on any atom is 0.326 e. The summed E-state index contributed by atoms with van der Waals surface area (Å²) < 4.78 is 0. The minimum atomic E-state index is -0.994. The highest BCUT2D eigenvalue weighted by Crippen LogP contribution is 2.13. The number of nitrogens with two attached hydrogens (primary N) is 1. The van der Waals surface area contributed by atoms with Gasteiger partial charge in [-0.15, -0.1) is 0 Å². The Kier molecular flexibility index (Phi) is 6.03. The van der Waals surface area contributed by atoms with Gasteiger partial charge in [-0.1, -0.05) is 38.5 Å². The lowest BCUT2D eigenvalue weighted by molar-refractivity contribution is -0.143. The molecule has 0 radical (unpaired) electrons. The van der Waals surface area contributed by atoms with Crippen LogP contribution < -0.4 is 11.1 Å². The van der Waals surface area contributed by atoms with Crippen LogP contribution in [-0.4, -0.2) is 23.0 Å². The van der Waals surface area contributed by atoms with Gasteiger partial charge < -0.3 is 16.2 Å². The molecule has 1 rings (SSSR count). The van der Waals surface area contributed by atoms with E-state index < -0.39 is 12.0 Å². The molecule has 0 aliphatic heterocycles. The van der Waals surface area contributed by atoms with Crippen molar-refractivity contribution in [3.8, 4) is 0 Å². The lowest BCUT2D eigenvalue weighted by atomic mass is 9.99. The first kappa shape index (κ1) is 16.0. The SMILES string of the molecule is CCC(C)[C@H](NC(=O)CCc1ccccc1N)C(=O)O. The Balaban J connectivity index is 2.55. The van der Waals surface area contributed by atoms with Crippen LogP contribution in [0.15, 0.2) is 24.3 Å². The van der Waals surface area contributed by atoms with E-state index in [1.807, 2.05) is 32.0 Å². The molecule has 2 atom stereocenters. The first-order chi connectivity index (χ1) is 9.45. The molecule has 0 heterocycles. The quantitative estimate of drug-likeness (QED) is 0.663. The molecule has 0 aromatic heterocycles. The smallest absolute Gasteiger partial charge is 0.326 e. The molecule has 20 heavy (non-hydrogen) atoms. The molecule has 0 fully saturated rings. The molecular weight excluding hydrogens is 256 g/mol. The number of nitrogen functional groups attached to an aromatic ring is 1. The van der Waals surface area contributed by atoms with Crippen LogP contribution in [0, 0.1) is 5.92 Å². The molecule has 1 unspecified atom stereocenters. The van der Waals surface area contributed by atoms with Gasteiger partial charge in [-0.25, -0.2) is 4.79 Å². The van der Waals surface area contributed by atoms with E-state index in [2.05, 4.69) is 5.32 Å². The standard InChI is InChI=1S/C15H22N2O3/c1-3-10(2)14(15(19)20)17-13(18)9-8-11-6-4-5-7-12(11)16/h4-7,10,14H,3,8-9,16H2,1-2H3,(H,17,18)(H,19,20)/t10?,14-/m0/s1. The van der Waals surface area contributed by atoms with Crippen LogP contribution in [0.2, 0.25) is 0 Å². The second-order valence-electron chi connectivity index (χ2n) is 4.97. The van der Waals surface area contributed by atoms with Crippen molar-refractivity contribution in [1.29, 1.82) is 0 Å². The predicted molar refractivity (Wildman–Crippen MR) is 78.2 cm³/mol. The number of carbonyl (C=O) groups excluding carboxylic acids is 1. The van der Waals surface area contributed by atoms with Crippen LogP contribution in [0.25, 0.3) is 0 Å². The van der Waals surface area contributed by atoms with Gasteiger partial charge in [-0.3, -0.25) is 4.79 Å². The number of nitrogens with one attached hydrogen (secondary N) is 1. The maximum absolute atomic E-state index is 11.8. The van der Waals surface area contributed by atoms with Crippen LogP contribution >= 0.6 is 0 Å². The molecule has 1 amide bonds. The first-order valence-electron chi connectivity index (χ1n) is 6.81. The van der Waals surface area contributed by atoms with Gasteiger partial charge in [0, 0.05) is 12.1 Å². The number of anilines is 1. The van der Waals surface area contributed by atoms with Gasteiger partial charge in [0.1, 0.15) is 6.04 Å². The molecular formula is C15H22N2O3. The van der Waals surface area contributed by atoms with Crippen molar-refractivity contribution >= 4 is 17.6 Å². The summed E-state index contributed by atoms with van der Waals surface area (Å²) in [5.74, 6) is -1.36. The molecule has 4 N–H and O–H groups in total. The summed E-state index contributed by atoms with van der Waals surface area (Å²) in [6.07, 6.45) is 1.43. The first-order valence-corrected chi connectivity index (χ1v) is 6.81. The van der Waals surface area contributed by atoms with Crippen LogP contribution in [0.5, 0.6) is 0 Å². The Labute approximate surface area is 119 Å². The number of para-hydroxylation sites is 1. The fourth-order valence-electron chi connectivity index (χ4n) is 1.94. The third kappa shape index (κ3) is 4.57. The fourth-order valence-corrected chi connectivity index (χ4v) is 1.94. The number of carbonyl (C=O) groups is 2. The predicted octanol–water partition coefficient (Wildman–Crippen LogP) is 1.82. The zero-order valence-corrected chi connectivity index (χ0v) is 11.9. The van der Waals surface area contributed by atoms with Crippen molar-refractivity contribution in [2.45, 2.75) is 39.2 Å². The van der Waals surface area contributed by atoms with E-state index in [0.29, 0.717) is 18.5 Å². The molecule has 0 aliphatic rings. The topological polar surface area (TPSA) is 92.4 Å². The van der Waals surface area contributed by atoms with Crippen molar-refractivity contribution in [3.05, 3.63) is 29.8 Å². The number of aliphatic carboxylic acids is 1. The molecule has 5 nitrogen and oxygen atoms in total. The van der Waals surface area contributed by atoms with Crippen LogP contribution in [0.3, 0.4) is 0 Å². The van der Waals surface area contributed by atoms with E-state index in [9.17, 15) is 9.59 Å². The summed E-state index contributed by atoms with van der Waals surface area (Å²) in [5.41, 5.74) is 7.35. The van der Waals surface area contributed by atoms with E-state index in [4.69, 9.17) is 10.8 Å². The van der Waals surface area contributed by atoms with Gasteiger partial charge in [0.2, 0.25) is 5.91 Å². The normalized spacial score (nSPS) is 13.5. The fraction of sp³-hybridized carbons (Fsp3) is 0.467. The second-order valence-corrected chi connectivity index (χ2v) is 4.97. The Bertz CT molecular complexity index is 474. The van der Waals surface area contributed by atoms with E-state index in [0.717, 1.165) is 5.56 Å². The highest BCUT2D eigenvalue weighted by Gasteiger charge is 2.24. The average molecular weight is 278 g/mol. The molecule has 0 aliphatic carbocycles. The summed E-state index contributed by atoms with van der Waals surface area (Å²) in [7, 11) is 0. The van der Waals surface area contributed by atoms with Crippen molar-refractivity contribution in [3.63, 3.8) is 0 Å². The van der Waals surface area contributed by atoms with Crippen LogP contribution in [-0.2, 0) is 16.0 Å². The van der Waals surface area contributed by atoms with Crippen molar-refractivity contribution in [2.24, 2.45) is 5.92 Å².